The van der Waals surface area contributed by atoms with Gasteiger partial charge in [-0.1, -0.05) is 17.7 Å². The van der Waals surface area contributed by atoms with Gasteiger partial charge in [0.05, 0.1) is 12.3 Å². The van der Waals surface area contributed by atoms with Crippen LogP contribution in [0.4, 0.5) is 0 Å². The van der Waals surface area contributed by atoms with E-state index in [-0.39, 0.29) is 12.5 Å². The molecule has 0 spiro atoms. The van der Waals surface area contributed by atoms with Crippen LogP contribution in [0.15, 0.2) is 12.1 Å². The standard InChI is InChI=1S/C10H12ClNO/c11-9-5-4-7-2-1-3-8(6-13)10(7)12-9/h4-5,8,13H,1-3,6H2. The molecule has 1 atom stereocenters. The van der Waals surface area contributed by atoms with Gasteiger partial charge in [-0.15, -0.1) is 0 Å². The van der Waals surface area contributed by atoms with Crippen LogP contribution in [0.25, 0.3) is 0 Å². The van der Waals surface area contributed by atoms with Crippen LogP contribution >= 0.6 is 11.6 Å². The minimum atomic E-state index is 0.181. The summed E-state index contributed by atoms with van der Waals surface area (Å²) in [6.45, 7) is 0.181. The average Bonchev–Trinajstić information content (AvgIpc) is 2.17. The summed E-state index contributed by atoms with van der Waals surface area (Å²) in [6, 6.07) is 3.84. The van der Waals surface area contributed by atoms with Crippen molar-refractivity contribution in [3.05, 3.63) is 28.5 Å². The molecule has 0 saturated heterocycles. The minimum absolute atomic E-state index is 0.181. The van der Waals surface area contributed by atoms with Crippen molar-refractivity contribution in [1.82, 2.24) is 4.98 Å². The maximum atomic E-state index is 9.15. The fourth-order valence-electron chi connectivity index (χ4n) is 1.90. The maximum Gasteiger partial charge on any atom is 0.129 e. The fourth-order valence-corrected chi connectivity index (χ4v) is 2.05. The van der Waals surface area contributed by atoms with E-state index in [9.17, 15) is 0 Å². The van der Waals surface area contributed by atoms with Crippen molar-refractivity contribution in [3.8, 4) is 0 Å². The summed E-state index contributed by atoms with van der Waals surface area (Å²) in [6.07, 6.45) is 3.23. The van der Waals surface area contributed by atoms with Gasteiger partial charge in [0.25, 0.3) is 0 Å². The van der Waals surface area contributed by atoms with Crippen LogP contribution in [-0.4, -0.2) is 16.7 Å². The third-order valence-electron chi connectivity index (χ3n) is 2.58. The molecule has 1 aliphatic rings. The summed E-state index contributed by atoms with van der Waals surface area (Å²) in [4.78, 5) is 4.27. The molecule has 3 heteroatoms. The fraction of sp³-hybridized carbons (Fsp3) is 0.500. The molecule has 1 aromatic heterocycles. The van der Waals surface area contributed by atoms with E-state index in [4.69, 9.17) is 16.7 Å². The molecule has 0 radical (unpaired) electrons. The van der Waals surface area contributed by atoms with Gasteiger partial charge < -0.3 is 5.11 Å². The largest absolute Gasteiger partial charge is 0.396 e. The first-order valence-electron chi connectivity index (χ1n) is 4.57. The summed E-state index contributed by atoms with van der Waals surface area (Å²) < 4.78 is 0. The minimum Gasteiger partial charge on any atom is -0.396 e. The van der Waals surface area contributed by atoms with Crippen LogP contribution in [0.2, 0.25) is 5.15 Å². The maximum absolute atomic E-state index is 9.15. The molecular weight excluding hydrogens is 186 g/mol. The Bertz CT molecular complexity index is 314. The van der Waals surface area contributed by atoms with E-state index >= 15 is 0 Å². The zero-order chi connectivity index (χ0) is 9.26. The second kappa shape index (κ2) is 3.64. The number of rotatable bonds is 1. The molecule has 0 fully saturated rings. The number of hydrogen-bond donors (Lipinski definition) is 1. The Morgan fingerprint density at radius 1 is 1.54 bits per heavy atom. The summed E-state index contributed by atoms with van der Waals surface area (Å²) in [5.41, 5.74) is 2.25. The molecule has 1 N–H and O–H groups in total. The monoisotopic (exact) mass is 197 g/mol. The summed E-state index contributed by atoms with van der Waals surface area (Å²) in [5.74, 6) is 0.197. The molecule has 0 aliphatic heterocycles. The molecule has 2 rings (SSSR count). The van der Waals surface area contributed by atoms with Crippen LogP contribution < -0.4 is 0 Å². The number of aliphatic hydroxyl groups excluding tert-OH is 1. The van der Waals surface area contributed by atoms with E-state index in [1.54, 1.807) is 0 Å². The van der Waals surface area contributed by atoms with Crippen molar-refractivity contribution >= 4 is 11.6 Å². The van der Waals surface area contributed by atoms with Gasteiger partial charge >= 0.3 is 0 Å². The second-order valence-corrected chi connectivity index (χ2v) is 3.84. The highest BCUT2D eigenvalue weighted by Crippen LogP contribution is 2.30. The average molecular weight is 198 g/mol. The van der Waals surface area contributed by atoms with Gasteiger partial charge in [0.15, 0.2) is 0 Å². The van der Waals surface area contributed by atoms with E-state index in [0.29, 0.717) is 5.15 Å². The molecule has 1 aliphatic carbocycles. The third kappa shape index (κ3) is 1.69. The van der Waals surface area contributed by atoms with E-state index in [1.165, 1.54) is 5.56 Å². The Labute approximate surface area is 82.6 Å². The van der Waals surface area contributed by atoms with Gasteiger partial charge in [0, 0.05) is 5.92 Å². The lowest BCUT2D eigenvalue weighted by Gasteiger charge is -2.22. The molecule has 0 aromatic carbocycles. The smallest absolute Gasteiger partial charge is 0.129 e. The zero-order valence-electron chi connectivity index (χ0n) is 7.33. The lowest BCUT2D eigenvalue weighted by molar-refractivity contribution is 0.250. The van der Waals surface area contributed by atoms with E-state index in [0.717, 1.165) is 25.0 Å². The first-order valence-corrected chi connectivity index (χ1v) is 4.95. The number of halogens is 1. The Morgan fingerprint density at radius 2 is 2.38 bits per heavy atom. The lowest BCUT2D eigenvalue weighted by atomic mass is 9.87. The van der Waals surface area contributed by atoms with E-state index < -0.39 is 0 Å². The van der Waals surface area contributed by atoms with Crippen LogP contribution in [0.3, 0.4) is 0 Å². The number of pyridine rings is 1. The van der Waals surface area contributed by atoms with Crippen LogP contribution in [0, 0.1) is 0 Å². The number of hydrogen-bond acceptors (Lipinski definition) is 2. The molecule has 70 valence electrons. The lowest BCUT2D eigenvalue weighted by Crippen LogP contribution is -2.14. The van der Waals surface area contributed by atoms with Crippen LogP contribution in [0.5, 0.6) is 0 Å². The second-order valence-electron chi connectivity index (χ2n) is 3.45. The van der Waals surface area contributed by atoms with Gasteiger partial charge in [0.2, 0.25) is 0 Å². The summed E-state index contributed by atoms with van der Waals surface area (Å²) in [5, 5.41) is 9.67. The Kier molecular flexibility index (Phi) is 2.51. The number of aromatic nitrogens is 1. The number of nitrogens with zero attached hydrogens (tertiary/aromatic N) is 1. The quantitative estimate of drug-likeness (QED) is 0.700. The normalized spacial score (nSPS) is 21.2. The number of aryl methyl sites for hydroxylation is 1. The number of fused-ring (bicyclic) bond motifs is 1. The highest BCUT2D eigenvalue weighted by atomic mass is 35.5. The molecule has 0 bridgehead atoms. The van der Waals surface area contributed by atoms with Crippen molar-refractivity contribution in [2.45, 2.75) is 25.2 Å². The highest BCUT2D eigenvalue weighted by Gasteiger charge is 2.20. The van der Waals surface area contributed by atoms with Gasteiger partial charge in [0.1, 0.15) is 5.15 Å². The van der Waals surface area contributed by atoms with Crippen molar-refractivity contribution < 1.29 is 5.11 Å². The summed E-state index contributed by atoms with van der Waals surface area (Å²) >= 11 is 5.81. The van der Waals surface area contributed by atoms with Crippen LogP contribution in [0.1, 0.15) is 30.0 Å². The SMILES string of the molecule is OCC1CCCc2ccc(Cl)nc21. The topological polar surface area (TPSA) is 33.1 Å². The van der Waals surface area contributed by atoms with Crippen molar-refractivity contribution in [3.63, 3.8) is 0 Å². The van der Waals surface area contributed by atoms with Gasteiger partial charge in [-0.05, 0) is 30.9 Å². The first-order chi connectivity index (χ1) is 6.31. The molecule has 1 heterocycles. The van der Waals surface area contributed by atoms with Gasteiger partial charge in [-0.3, -0.25) is 0 Å². The van der Waals surface area contributed by atoms with Gasteiger partial charge in [-0.2, -0.15) is 0 Å². The first kappa shape index (κ1) is 8.97. The molecule has 1 unspecified atom stereocenters. The zero-order valence-corrected chi connectivity index (χ0v) is 8.09. The number of aliphatic hydroxyl groups is 1. The van der Waals surface area contributed by atoms with Crippen molar-refractivity contribution in [2.24, 2.45) is 0 Å². The Morgan fingerprint density at radius 3 is 3.15 bits per heavy atom. The van der Waals surface area contributed by atoms with Crippen molar-refractivity contribution in [2.75, 3.05) is 6.61 Å². The molecule has 1 aromatic rings. The molecule has 13 heavy (non-hydrogen) atoms. The molecule has 0 saturated carbocycles. The molecular formula is C10H12ClNO. The highest BCUT2D eigenvalue weighted by molar-refractivity contribution is 6.29. The summed E-state index contributed by atoms with van der Waals surface area (Å²) in [7, 11) is 0. The Balaban J connectivity index is 2.41. The molecule has 0 amide bonds. The third-order valence-corrected chi connectivity index (χ3v) is 2.79. The van der Waals surface area contributed by atoms with Crippen LogP contribution in [-0.2, 0) is 6.42 Å². The predicted octanol–water partition coefficient (Wildman–Crippen LogP) is 2.15. The van der Waals surface area contributed by atoms with E-state index in [2.05, 4.69) is 4.98 Å². The molecule has 2 nitrogen and oxygen atoms in total. The van der Waals surface area contributed by atoms with Crippen molar-refractivity contribution in [1.29, 1.82) is 0 Å². The van der Waals surface area contributed by atoms with Gasteiger partial charge in [-0.25, -0.2) is 4.98 Å². The van der Waals surface area contributed by atoms with E-state index in [1.807, 2.05) is 12.1 Å². The predicted molar refractivity (Wildman–Crippen MR) is 52.0 cm³/mol. The Hall–Kier alpha value is -0.600.